The highest BCUT2D eigenvalue weighted by Gasteiger charge is 2.08. The number of rotatable bonds is 1. The SMILES string of the molecule is COc1c(Cl)ccc2c(Cl)nccc12. The summed E-state index contributed by atoms with van der Waals surface area (Å²) in [6, 6.07) is 5.40. The van der Waals surface area contributed by atoms with Crippen molar-refractivity contribution in [2.75, 3.05) is 7.11 Å². The summed E-state index contributed by atoms with van der Waals surface area (Å²) in [5.74, 6) is 0.633. The number of fused-ring (bicyclic) bond motifs is 1. The second kappa shape index (κ2) is 3.64. The average Bonchev–Trinajstić information content (AvgIpc) is 2.18. The van der Waals surface area contributed by atoms with E-state index in [0.717, 1.165) is 10.8 Å². The van der Waals surface area contributed by atoms with Crippen LogP contribution in [0.2, 0.25) is 10.2 Å². The fourth-order valence-electron chi connectivity index (χ4n) is 1.37. The Morgan fingerprint density at radius 1 is 1.14 bits per heavy atom. The van der Waals surface area contributed by atoms with E-state index < -0.39 is 0 Å². The molecule has 0 aliphatic heterocycles. The molecule has 2 rings (SSSR count). The molecule has 0 aliphatic carbocycles. The largest absolute Gasteiger partial charge is 0.495 e. The van der Waals surface area contributed by atoms with Gasteiger partial charge in [0.15, 0.2) is 0 Å². The monoisotopic (exact) mass is 227 g/mol. The third kappa shape index (κ3) is 1.41. The fourth-order valence-corrected chi connectivity index (χ4v) is 1.84. The first-order valence-corrected chi connectivity index (χ1v) is 4.76. The number of pyridine rings is 1. The van der Waals surface area contributed by atoms with Gasteiger partial charge in [0.1, 0.15) is 10.9 Å². The van der Waals surface area contributed by atoms with Gasteiger partial charge in [0, 0.05) is 17.0 Å². The van der Waals surface area contributed by atoms with Crippen LogP contribution in [-0.4, -0.2) is 12.1 Å². The molecule has 0 N–H and O–H groups in total. The molecule has 2 aromatic rings. The molecular weight excluding hydrogens is 221 g/mol. The Kier molecular flexibility index (Phi) is 2.48. The van der Waals surface area contributed by atoms with Gasteiger partial charge < -0.3 is 4.74 Å². The van der Waals surface area contributed by atoms with Gasteiger partial charge in [0.05, 0.1) is 12.1 Å². The zero-order valence-electron chi connectivity index (χ0n) is 7.42. The van der Waals surface area contributed by atoms with Crippen LogP contribution in [0.4, 0.5) is 0 Å². The molecule has 1 aromatic heterocycles. The van der Waals surface area contributed by atoms with E-state index in [1.54, 1.807) is 19.4 Å². The van der Waals surface area contributed by atoms with Crippen molar-refractivity contribution in [2.24, 2.45) is 0 Å². The topological polar surface area (TPSA) is 22.1 Å². The van der Waals surface area contributed by atoms with Crippen LogP contribution >= 0.6 is 23.2 Å². The molecule has 0 saturated heterocycles. The lowest BCUT2D eigenvalue weighted by molar-refractivity contribution is 0.420. The smallest absolute Gasteiger partial charge is 0.145 e. The molecule has 2 nitrogen and oxygen atoms in total. The molecule has 0 unspecified atom stereocenters. The molecule has 1 aromatic carbocycles. The van der Waals surface area contributed by atoms with Crippen molar-refractivity contribution in [3.8, 4) is 5.75 Å². The van der Waals surface area contributed by atoms with Crippen LogP contribution < -0.4 is 4.74 Å². The van der Waals surface area contributed by atoms with Crippen molar-refractivity contribution in [1.82, 2.24) is 4.98 Å². The zero-order valence-corrected chi connectivity index (χ0v) is 8.93. The lowest BCUT2D eigenvalue weighted by Crippen LogP contribution is -1.87. The maximum Gasteiger partial charge on any atom is 0.145 e. The van der Waals surface area contributed by atoms with Gasteiger partial charge in [-0.3, -0.25) is 0 Å². The Morgan fingerprint density at radius 2 is 1.93 bits per heavy atom. The molecule has 0 radical (unpaired) electrons. The highest BCUT2D eigenvalue weighted by atomic mass is 35.5. The van der Waals surface area contributed by atoms with E-state index in [9.17, 15) is 0 Å². The first-order chi connectivity index (χ1) is 6.74. The summed E-state index contributed by atoms with van der Waals surface area (Å²) in [5.41, 5.74) is 0. The van der Waals surface area contributed by atoms with Crippen LogP contribution in [0.25, 0.3) is 10.8 Å². The molecule has 0 bridgehead atoms. The minimum absolute atomic E-state index is 0.456. The normalized spacial score (nSPS) is 10.5. The van der Waals surface area contributed by atoms with E-state index in [-0.39, 0.29) is 0 Å². The highest BCUT2D eigenvalue weighted by molar-refractivity contribution is 6.36. The summed E-state index contributed by atoms with van der Waals surface area (Å²) in [7, 11) is 1.58. The van der Waals surface area contributed by atoms with Crippen molar-refractivity contribution in [3.05, 3.63) is 34.6 Å². The molecule has 0 amide bonds. The molecule has 4 heteroatoms. The summed E-state index contributed by atoms with van der Waals surface area (Å²) in [6.07, 6.45) is 1.63. The molecule has 0 spiro atoms. The van der Waals surface area contributed by atoms with Gasteiger partial charge in [0.25, 0.3) is 0 Å². The van der Waals surface area contributed by atoms with Gasteiger partial charge in [-0.25, -0.2) is 4.98 Å². The number of methoxy groups -OCH3 is 1. The summed E-state index contributed by atoms with van der Waals surface area (Å²) in [5, 5.41) is 2.75. The predicted molar refractivity (Wildman–Crippen MR) is 58.3 cm³/mol. The zero-order chi connectivity index (χ0) is 10.1. The number of hydrogen-bond donors (Lipinski definition) is 0. The van der Waals surface area contributed by atoms with Gasteiger partial charge in [-0.15, -0.1) is 0 Å². The summed E-state index contributed by atoms with van der Waals surface area (Å²) >= 11 is 11.9. The van der Waals surface area contributed by atoms with E-state index in [1.807, 2.05) is 12.1 Å². The van der Waals surface area contributed by atoms with Crippen LogP contribution in [0.3, 0.4) is 0 Å². The lowest BCUT2D eigenvalue weighted by atomic mass is 10.1. The predicted octanol–water partition coefficient (Wildman–Crippen LogP) is 3.55. The second-order valence-corrected chi connectivity index (χ2v) is 3.54. The van der Waals surface area contributed by atoms with Gasteiger partial charge >= 0.3 is 0 Å². The van der Waals surface area contributed by atoms with Gasteiger partial charge in [-0.1, -0.05) is 23.2 Å². The quantitative estimate of drug-likeness (QED) is 0.696. The minimum Gasteiger partial charge on any atom is -0.495 e. The van der Waals surface area contributed by atoms with Gasteiger partial charge in [-0.05, 0) is 18.2 Å². The van der Waals surface area contributed by atoms with Crippen molar-refractivity contribution >= 4 is 34.0 Å². The van der Waals surface area contributed by atoms with Gasteiger partial charge in [-0.2, -0.15) is 0 Å². The molecule has 0 saturated carbocycles. The second-order valence-electron chi connectivity index (χ2n) is 2.78. The average molecular weight is 228 g/mol. The Hall–Kier alpha value is -0.990. The lowest BCUT2D eigenvalue weighted by Gasteiger charge is -2.07. The first-order valence-electron chi connectivity index (χ1n) is 4.00. The minimum atomic E-state index is 0.456. The molecule has 14 heavy (non-hydrogen) atoms. The van der Waals surface area contributed by atoms with Crippen LogP contribution in [0, 0.1) is 0 Å². The van der Waals surface area contributed by atoms with Crippen LogP contribution in [-0.2, 0) is 0 Å². The number of ether oxygens (including phenoxy) is 1. The molecule has 0 fully saturated rings. The standard InChI is InChI=1S/C10H7Cl2NO/c1-14-9-6-4-5-13-10(12)7(6)2-3-8(9)11/h2-5H,1H3. The Bertz CT molecular complexity index is 485. The van der Waals surface area contributed by atoms with Crippen molar-refractivity contribution in [3.63, 3.8) is 0 Å². The van der Waals surface area contributed by atoms with Crippen LogP contribution in [0.5, 0.6) is 5.75 Å². The molecule has 72 valence electrons. The van der Waals surface area contributed by atoms with E-state index in [1.165, 1.54) is 0 Å². The van der Waals surface area contributed by atoms with Crippen LogP contribution in [0.15, 0.2) is 24.4 Å². The fraction of sp³-hybridized carbons (Fsp3) is 0.100. The van der Waals surface area contributed by atoms with E-state index in [2.05, 4.69) is 4.98 Å². The summed E-state index contributed by atoms with van der Waals surface area (Å²) < 4.78 is 5.19. The van der Waals surface area contributed by atoms with E-state index in [0.29, 0.717) is 15.9 Å². The number of halogens is 2. The highest BCUT2D eigenvalue weighted by Crippen LogP contribution is 2.34. The Balaban J connectivity index is 2.88. The Labute approximate surface area is 91.4 Å². The Morgan fingerprint density at radius 3 is 2.64 bits per heavy atom. The number of aromatic nitrogens is 1. The number of nitrogens with zero attached hydrogens (tertiary/aromatic N) is 1. The van der Waals surface area contributed by atoms with E-state index >= 15 is 0 Å². The van der Waals surface area contributed by atoms with Crippen LogP contribution in [0.1, 0.15) is 0 Å². The molecular formula is C10H7Cl2NO. The molecule has 0 atom stereocenters. The maximum absolute atomic E-state index is 5.97. The van der Waals surface area contributed by atoms with Crippen molar-refractivity contribution < 1.29 is 4.74 Å². The summed E-state index contributed by atoms with van der Waals surface area (Å²) in [4.78, 5) is 3.98. The van der Waals surface area contributed by atoms with Crippen molar-refractivity contribution in [1.29, 1.82) is 0 Å². The van der Waals surface area contributed by atoms with E-state index in [4.69, 9.17) is 27.9 Å². The van der Waals surface area contributed by atoms with Gasteiger partial charge in [0.2, 0.25) is 0 Å². The molecule has 0 aliphatic rings. The summed E-state index contributed by atoms with van der Waals surface area (Å²) in [6.45, 7) is 0. The maximum atomic E-state index is 5.97. The number of benzene rings is 1. The third-order valence-corrected chi connectivity index (χ3v) is 2.60. The van der Waals surface area contributed by atoms with Crippen molar-refractivity contribution in [2.45, 2.75) is 0 Å². The third-order valence-electron chi connectivity index (χ3n) is 2.00. The first kappa shape index (κ1) is 9.56. The molecule has 1 heterocycles. The number of hydrogen-bond acceptors (Lipinski definition) is 2.